The topological polar surface area (TPSA) is 66.0 Å². The molecular weight excluding hydrogens is 423 g/mol. The lowest BCUT2D eigenvalue weighted by molar-refractivity contribution is 0.102. The molecule has 0 fully saturated rings. The van der Waals surface area contributed by atoms with Crippen LogP contribution in [0, 0.1) is 5.82 Å². The van der Waals surface area contributed by atoms with Crippen molar-refractivity contribution in [1.82, 2.24) is 10.3 Å². The van der Waals surface area contributed by atoms with E-state index in [1.807, 2.05) is 43.3 Å². The fourth-order valence-corrected chi connectivity index (χ4v) is 3.63. The van der Waals surface area contributed by atoms with Crippen molar-refractivity contribution in [2.24, 2.45) is 0 Å². The Kier molecular flexibility index (Phi) is 6.37. The second-order valence-electron chi connectivity index (χ2n) is 7.31. The van der Waals surface area contributed by atoms with Gasteiger partial charge in [0.2, 0.25) is 0 Å². The summed E-state index contributed by atoms with van der Waals surface area (Å²) in [5, 5.41) is 11.4. The number of aromatic nitrogens is 1. The van der Waals surface area contributed by atoms with Crippen LogP contribution in [0.4, 0.5) is 15.8 Å². The summed E-state index contributed by atoms with van der Waals surface area (Å²) in [5.41, 5.74) is 2.88. The number of nitrogens with zero attached hydrogens (tertiary/aromatic N) is 1. The Morgan fingerprint density at radius 3 is 2.28 bits per heavy atom. The first kappa shape index (κ1) is 21.4. The van der Waals surface area contributed by atoms with Gasteiger partial charge >= 0.3 is 0 Å². The van der Waals surface area contributed by atoms with Crippen LogP contribution in [0.2, 0.25) is 0 Å². The fourth-order valence-electron chi connectivity index (χ4n) is 3.33. The number of rotatable bonds is 5. The normalized spacial score (nSPS) is 11.6. The average Bonchev–Trinajstić information content (AvgIpc) is 2.80. The third kappa shape index (κ3) is 5.07. The van der Waals surface area contributed by atoms with Gasteiger partial charge in [-0.2, -0.15) is 0 Å². The van der Waals surface area contributed by atoms with E-state index in [2.05, 4.69) is 20.9 Å². The Morgan fingerprint density at radius 2 is 1.56 bits per heavy atom. The molecule has 3 N–H and O–H groups in total. The molecule has 0 radical (unpaired) electrons. The summed E-state index contributed by atoms with van der Waals surface area (Å²) in [6.45, 7) is 1.95. The van der Waals surface area contributed by atoms with Crippen LogP contribution in [-0.4, -0.2) is 16.0 Å². The Labute approximate surface area is 190 Å². The van der Waals surface area contributed by atoms with E-state index in [4.69, 9.17) is 12.2 Å². The molecule has 0 bridgehead atoms. The fraction of sp³-hybridized carbons (Fsp3) is 0.0800. The van der Waals surface area contributed by atoms with Crippen molar-refractivity contribution in [3.05, 3.63) is 102 Å². The maximum atomic E-state index is 13.1. The standard InChI is InChI=1S/C25H21FN4OS/c1-16(17-6-8-19(26)9-7-17)28-25(32)30-21-12-10-20(11-13-21)29-24(31)23-15-27-14-18-4-2-3-5-22(18)23/h2-16H,1H3,(H,29,31)(H2,28,30,32). The molecule has 32 heavy (non-hydrogen) atoms. The molecule has 1 aromatic heterocycles. The molecule has 5 nitrogen and oxygen atoms in total. The van der Waals surface area contributed by atoms with Crippen molar-refractivity contribution in [3.63, 3.8) is 0 Å². The van der Waals surface area contributed by atoms with E-state index in [0.717, 1.165) is 22.0 Å². The number of fused-ring (bicyclic) bond motifs is 1. The number of hydrogen-bond acceptors (Lipinski definition) is 3. The number of halogens is 1. The molecule has 160 valence electrons. The Hall–Kier alpha value is -3.84. The highest BCUT2D eigenvalue weighted by Crippen LogP contribution is 2.20. The van der Waals surface area contributed by atoms with E-state index in [1.54, 1.807) is 36.7 Å². The second-order valence-corrected chi connectivity index (χ2v) is 7.72. The highest BCUT2D eigenvalue weighted by molar-refractivity contribution is 7.80. The van der Waals surface area contributed by atoms with E-state index in [0.29, 0.717) is 16.4 Å². The molecular formula is C25H21FN4OS. The quantitative estimate of drug-likeness (QED) is 0.346. The van der Waals surface area contributed by atoms with Crippen LogP contribution in [0.25, 0.3) is 10.8 Å². The molecule has 1 atom stereocenters. The number of benzene rings is 3. The third-order valence-electron chi connectivity index (χ3n) is 5.03. The van der Waals surface area contributed by atoms with Crippen molar-refractivity contribution in [1.29, 1.82) is 0 Å². The SMILES string of the molecule is CC(NC(=S)Nc1ccc(NC(=O)c2cncc3ccccc23)cc1)c1ccc(F)cc1. The summed E-state index contributed by atoms with van der Waals surface area (Å²) >= 11 is 5.38. The van der Waals surface area contributed by atoms with Gasteiger partial charge < -0.3 is 16.0 Å². The minimum Gasteiger partial charge on any atom is -0.356 e. The first-order valence-electron chi connectivity index (χ1n) is 10.1. The van der Waals surface area contributed by atoms with Gasteiger partial charge in [-0.05, 0) is 66.5 Å². The lowest BCUT2D eigenvalue weighted by Crippen LogP contribution is -2.30. The summed E-state index contributed by atoms with van der Waals surface area (Å²) in [5.74, 6) is -0.495. The zero-order valence-electron chi connectivity index (χ0n) is 17.3. The van der Waals surface area contributed by atoms with E-state index < -0.39 is 0 Å². The molecule has 0 aliphatic rings. The van der Waals surface area contributed by atoms with Crippen molar-refractivity contribution in [2.75, 3.05) is 10.6 Å². The number of amides is 1. The number of nitrogens with one attached hydrogen (secondary N) is 3. The Bertz CT molecular complexity index is 1250. The predicted octanol–water partition coefficient (Wildman–Crippen LogP) is 5.67. The van der Waals surface area contributed by atoms with Crippen molar-refractivity contribution < 1.29 is 9.18 Å². The number of carbonyl (C=O) groups excluding carboxylic acids is 1. The maximum Gasteiger partial charge on any atom is 0.257 e. The maximum absolute atomic E-state index is 13.1. The van der Waals surface area contributed by atoms with Gasteiger partial charge in [-0.3, -0.25) is 9.78 Å². The molecule has 0 aliphatic carbocycles. The molecule has 0 aliphatic heterocycles. The Balaban J connectivity index is 1.37. The summed E-state index contributed by atoms with van der Waals surface area (Å²) < 4.78 is 13.1. The molecule has 4 aromatic rings. The minimum atomic E-state index is -0.273. The monoisotopic (exact) mass is 444 g/mol. The number of carbonyl (C=O) groups is 1. The van der Waals surface area contributed by atoms with Crippen LogP contribution < -0.4 is 16.0 Å². The molecule has 0 saturated carbocycles. The van der Waals surface area contributed by atoms with Gasteiger partial charge in [-0.1, -0.05) is 36.4 Å². The smallest absolute Gasteiger partial charge is 0.257 e. The molecule has 3 aromatic carbocycles. The van der Waals surface area contributed by atoms with Gasteiger partial charge in [-0.25, -0.2) is 4.39 Å². The number of pyridine rings is 1. The summed E-state index contributed by atoms with van der Waals surface area (Å²) in [7, 11) is 0. The van der Waals surface area contributed by atoms with Gasteiger partial charge in [0.25, 0.3) is 5.91 Å². The van der Waals surface area contributed by atoms with Crippen LogP contribution in [0.1, 0.15) is 28.9 Å². The Morgan fingerprint density at radius 1 is 0.906 bits per heavy atom. The van der Waals surface area contributed by atoms with Crippen molar-refractivity contribution >= 4 is 45.4 Å². The van der Waals surface area contributed by atoms with Gasteiger partial charge in [0.1, 0.15) is 5.82 Å². The number of thiocarbonyl (C=S) groups is 1. The van der Waals surface area contributed by atoms with E-state index >= 15 is 0 Å². The van der Waals surface area contributed by atoms with Crippen molar-refractivity contribution in [3.8, 4) is 0 Å². The molecule has 4 rings (SSSR count). The van der Waals surface area contributed by atoms with Gasteiger partial charge in [0.05, 0.1) is 11.6 Å². The van der Waals surface area contributed by atoms with Crippen molar-refractivity contribution in [2.45, 2.75) is 13.0 Å². The zero-order chi connectivity index (χ0) is 22.5. The number of anilines is 2. The van der Waals surface area contributed by atoms with E-state index in [-0.39, 0.29) is 17.8 Å². The minimum absolute atomic E-state index is 0.0801. The molecule has 1 unspecified atom stereocenters. The summed E-state index contributed by atoms with van der Waals surface area (Å²) in [4.78, 5) is 16.9. The lowest BCUT2D eigenvalue weighted by atomic mass is 10.1. The highest BCUT2D eigenvalue weighted by atomic mass is 32.1. The number of hydrogen-bond donors (Lipinski definition) is 3. The zero-order valence-corrected chi connectivity index (χ0v) is 18.1. The van der Waals surface area contributed by atoms with Gasteiger partial charge in [-0.15, -0.1) is 0 Å². The molecule has 1 heterocycles. The first-order valence-corrected chi connectivity index (χ1v) is 10.5. The summed E-state index contributed by atoms with van der Waals surface area (Å²) in [6.07, 6.45) is 3.31. The first-order chi connectivity index (χ1) is 15.5. The average molecular weight is 445 g/mol. The molecule has 7 heteroatoms. The molecule has 0 saturated heterocycles. The van der Waals surface area contributed by atoms with Crippen LogP contribution in [-0.2, 0) is 0 Å². The van der Waals surface area contributed by atoms with Gasteiger partial charge in [0.15, 0.2) is 5.11 Å². The molecule has 1 amide bonds. The van der Waals surface area contributed by atoms with Crippen LogP contribution in [0.5, 0.6) is 0 Å². The molecule has 0 spiro atoms. The third-order valence-corrected chi connectivity index (χ3v) is 5.25. The van der Waals surface area contributed by atoms with E-state index in [1.165, 1.54) is 12.1 Å². The predicted molar refractivity (Wildman–Crippen MR) is 130 cm³/mol. The summed E-state index contributed by atoms with van der Waals surface area (Å²) in [6, 6.07) is 21.1. The largest absolute Gasteiger partial charge is 0.356 e. The lowest BCUT2D eigenvalue weighted by Gasteiger charge is -2.17. The highest BCUT2D eigenvalue weighted by Gasteiger charge is 2.11. The van der Waals surface area contributed by atoms with Crippen LogP contribution in [0.3, 0.4) is 0 Å². The van der Waals surface area contributed by atoms with Crippen LogP contribution in [0.15, 0.2) is 85.2 Å². The van der Waals surface area contributed by atoms with E-state index in [9.17, 15) is 9.18 Å². The second kappa shape index (κ2) is 9.53. The van der Waals surface area contributed by atoms with Gasteiger partial charge in [0, 0.05) is 29.2 Å². The van der Waals surface area contributed by atoms with Crippen LogP contribution >= 0.6 is 12.2 Å².